The third-order valence-electron chi connectivity index (χ3n) is 3.57. The number of carboxylic acids is 1. The van der Waals surface area contributed by atoms with Crippen molar-refractivity contribution in [3.8, 4) is 0 Å². The Hall–Kier alpha value is -3.61. The van der Waals surface area contributed by atoms with Crippen molar-refractivity contribution in [2.45, 2.75) is 0 Å². The Kier molecular flexibility index (Phi) is 4.21. The van der Waals surface area contributed by atoms with E-state index in [0.29, 0.717) is 16.6 Å². The van der Waals surface area contributed by atoms with E-state index in [-0.39, 0.29) is 16.8 Å². The molecule has 0 radical (unpaired) electrons. The molecule has 2 aromatic carbocycles. The molecule has 0 saturated heterocycles. The maximum atomic E-state index is 13.4. The van der Waals surface area contributed by atoms with Crippen LogP contribution in [0.3, 0.4) is 0 Å². The molecule has 25 heavy (non-hydrogen) atoms. The van der Waals surface area contributed by atoms with Crippen molar-refractivity contribution in [3.63, 3.8) is 0 Å². The first-order chi connectivity index (χ1) is 11.9. The van der Waals surface area contributed by atoms with Crippen LogP contribution in [0.5, 0.6) is 0 Å². The molecule has 0 spiro atoms. The van der Waals surface area contributed by atoms with E-state index < -0.39 is 16.7 Å². The monoisotopic (exact) mass is 338 g/mol. The molecule has 3 aromatic rings. The van der Waals surface area contributed by atoms with Crippen LogP contribution in [0.2, 0.25) is 0 Å². The topological polar surface area (TPSA) is 93.3 Å². The largest absolute Gasteiger partial charge is 0.478 e. The highest BCUT2D eigenvalue weighted by Crippen LogP contribution is 2.21. The van der Waals surface area contributed by atoms with Gasteiger partial charge in [0.05, 0.1) is 21.7 Å². The van der Waals surface area contributed by atoms with Crippen molar-refractivity contribution in [2.24, 2.45) is 0 Å². The number of carbonyl (C=O) groups is 1. The van der Waals surface area contributed by atoms with Gasteiger partial charge in [-0.2, -0.15) is 0 Å². The Morgan fingerprint density at radius 3 is 2.48 bits per heavy atom. The number of nitro groups is 1. The summed E-state index contributed by atoms with van der Waals surface area (Å²) < 4.78 is 13.4. The summed E-state index contributed by atoms with van der Waals surface area (Å²) in [5.74, 6) is -1.64. The third kappa shape index (κ3) is 3.50. The zero-order valence-electron chi connectivity index (χ0n) is 12.7. The number of benzene rings is 2. The molecule has 0 atom stereocenters. The second-order valence-corrected chi connectivity index (χ2v) is 5.24. The molecule has 1 N–H and O–H groups in total. The van der Waals surface area contributed by atoms with E-state index in [1.54, 1.807) is 24.3 Å². The molecule has 1 aromatic heterocycles. The number of aromatic carboxylic acids is 1. The fourth-order valence-electron chi connectivity index (χ4n) is 2.37. The van der Waals surface area contributed by atoms with Gasteiger partial charge in [0.25, 0.3) is 5.69 Å². The maximum Gasteiger partial charge on any atom is 0.336 e. The highest BCUT2D eigenvalue weighted by molar-refractivity contribution is 6.03. The summed E-state index contributed by atoms with van der Waals surface area (Å²) in [5.41, 5.74) is 1.26. The van der Waals surface area contributed by atoms with Crippen molar-refractivity contribution in [3.05, 3.63) is 81.3 Å². The number of rotatable bonds is 4. The highest BCUT2D eigenvalue weighted by Gasteiger charge is 2.11. The molecular weight excluding hydrogens is 327 g/mol. The predicted molar refractivity (Wildman–Crippen MR) is 90.7 cm³/mol. The van der Waals surface area contributed by atoms with Gasteiger partial charge in [-0.05, 0) is 42.0 Å². The number of aromatic nitrogens is 1. The van der Waals surface area contributed by atoms with Gasteiger partial charge in [0.1, 0.15) is 5.82 Å². The van der Waals surface area contributed by atoms with Crippen molar-refractivity contribution in [2.75, 3.05) is 0 Å². The fraction of sp³-hybridized carbons (Fsp3) is 0. The number of pyridine rings is 1. The van der Waals surface area contributed by atoms with E-state index in [1.165, 1.54) is 36.4 Å². The molecule has 0 saturated carbocycles. The van der Waals surface area contributed by atoms with E-state index >= 15 is 0 Å². The van der Waals surface area contributed by atoms with Crippen LogP contribution in [-0.2, 0) is 0 Å². The highest BCUT2D eigenvalue weighted by atomic mass is 19.1. The van der Waals surface area contributed by atoms with Crippen LogP contribution in [0.15, 0.2) is 48.5 Å². The lowest BCUT2D eigenvalue weighted by atomic mass is 10.1. The van der Waals surface area contributed by atoms with Gasteiger partial charge in [0.15, 0.2) is 0 Å². The predicted octanol–water partition coefficient (Wildman–Crippen LogP) is 4.15. The summed E-state index contributed by atoms with van der Waals surface area (Å²) in [5, 5.41) is 20.3. The number of hydrogen-bond acceptors (Lipinski definition) is 4. The minimum absolute atomic E-state index is 0.0216. The van der Waals surface area contributed by atoms with Crippen LogP contribution >= 0.6 is 0 Å². The van der Waals surface area contributed by atoms with Gasteiger partial charge in [-0.15, -0.1) is 0 Å². The summed E-state index contributed by atoms with van der Waals surface area (Å²) >= 11 is 0. The molecule has 0 aliphatic rings. The smallest absolute Gasteiger partial charge is 0.336 e. The van der Waals surface area contributed by atoms with Crippen molar-refractivity contribution < 1.29 is 19.2 Å². The third-order valence-corrected chi connectivity index (χ3v) is 3.57. The number of fused-ring (bicyclic) bond motifs is 1. The minimum Gasteiger partial charge on any atom is -0.478 e. The molecule has 3 rings (SSSR count). The summed E-state index contributed by atoms with van der Waals surface area (Å²) in [6.07, 6.45) is 3.21. The van der Waals surface area contributed by atoms with Gasteiger partial charge in [0.2, 0.25) is 0 Å². The number of nitrogens with zero attached hydrogens (tertiary/aromatic N) is 2. The van der Waals surface area contributed by atoms with Gasteiger partial charge in [-0.1, -0.05) is 6.08 Å². The number of hydrogen-bond donors (Lipinski definition) is 1. The standard InChI is InChI=1S/C18H11FN2O4/c19-12-4-8-15-16(18(22)23)10-13(20-17(15)9-12)5-1-11-2-6-14(7-3-11)21(24)25/h1-10H,(H,22,23)/b5-1+. The first-order valence-corrected chi connectivity index (χ1v) is 7.20. The first-order valence-electron chi connectivity index (χ1n) is 7.20. The molecule has 0 aliphatic carbocycles. The Bertz CT molecular complexity index is 1010. The lowest BCUT2D eigenvalue weighted by Crippen LogP contribution is -2.00. The normalized spacial score (nSPS) is 11.1. The van der Waals surface area contributed by atoms with E-state index in [9.17, 15) is 24.4 Å². The molecular formula is C18H11FN2O4. The van der Waals surface area contributed by atoms with Crippen LogP contribution in [0.1, 0.15) is 21.6 Å². The Morgan fingerprint density at radius 1 is 1.12 bits per heavy atom. The number of halogens is 1. The van der Waals surface area contributed by atoms with Gasteiger partial charge < -0.3 is 5.11 Å². The maximum absolute atomic E-state index is 13.4. The average molecular weight is 338 g/mol. The molecule has 0 fully saturated rings. The number of nitro benzene ring substituents is 1. The van der Waals surface area contributed by atoms with Crippen LogP contribution in [0.25, 0.3) is 23.1 Å². The molecule has 0 aliphatic heterocycles. The number of carboxylic acid groups (broad SMARTS) is 1. The first kappa shape index (κ1) is 16.3. The van der Waals surface area contributed by atoms with Crippen LogP contribution in [-0.4, -0.2) is 21.0 Å². The summed E-state index contributed by atoms with van der Waals surface area (Å²) in [6, 6.07) is 11.0. The lowest BCUT2D eigenvalue weighted by Gasteiger charge is -2.04. The van der Waals surface area contributed by atoms with E-state index in [4.69, 9.17) is 0 Å². The summed E-state index contributed by atoms with van der Waals surface area (Å²) in [4.78, 5) is 25.8. The average Bonchev–Trinajstić information content (AvgIpc) is 2.59. The molecule has 124 valence electrons. The van der Waals surface area contributed by atoms with Gasteiger partial charge in [-0.25, -0.2) is 14.2 Å². The molecule has 0 unspecified atom stereocenters. The Balaban J connectivity index is 2.00. The van der Waals surface area contributed by atoms with Gasteiger partial charge >= 0.3 is 5.97 Å². The quantitative estimate of drug-likeness (QED) is 0.570. The molecule has 7 heteroatoms. The lowest BCUT2D eigenvalue weighted by molar-refractivity contribution is -0.384. The second kappa shape index (κ2) is 6.48. The van der Waals surface area contributed by atoms with Gasteiger partial charge in [0, 0.05) is 23.6 Å². The SMILES string of the molecule is O=C(O)c1cc(/C=C/c2ccc([N+](=O)[O-])cc2)nc2cc(F)ccc12. The zero-order chi connectivity index (χ0) is 18.0. The van der Waals surface area contributed by atoms with Crippen LogP contribution in [0, 0.1) is 15.9 Å². The van der Waals surface area contributed by atoms with Crippen molar-refractivity contribution in [1.82, 2.24) is 4.98 Å². The Morgan fingerprint density at radius 2 is 1.84 bits per heavy atom. The summed E-state index contributed by atoms with van der Waals surface area (Å²) in [6.45, 7) is 0. The summed E-state index contributed by atoms with van der Waals surface area (Å²) in [7, 11) is 0. The molecule has 6 nitrogen and oxygen atoms in total. The van der Waals surface area contributed by atoms with Crippen LogP contribution < -0.4 is 0 Å². The second-order valence-electron chi connectivity index (χ2n) is 5.24. The van der Waals surface area contributed by atoms with Crippen molar-refractivity contribution in [1.29, 1.82) is 0 Å². The van der Waals surface area contributed by atoms with Gasteiger partial charge in [-0.3, -0.25) is 10.1 Å². The van der Waals surface area contributed by atoms with E-state index in [1.807, 2.05) is 0 Å². The zero-order valence-corrected chi connectivity index (χ0v) is 12.7. The molecule has 0 bridgehead atoms. The molecule has 0 amide bonds. The minimum atomic E-state index is -1.14. The number of non-ortho nitro benzene ring substituents is 1. The van der Waals surface area contributed by atoms with E-state index in [0.717, 1.165) is 0 Å². The Labute approximate surface area is 141 Å². The van der Waals surface area contributed by atoms with Crippen LogP contribution in [0.4, 0.5) is 10.1 Å². The van der Waals surface area contributed by atoms with Crippen molar-refractivity contribution >= 4 is 34.7 Å². The molecule has 1 heterocycles. The fourth-order valence-corrected chi connectivity index (χ4v) is 2.37. The van der Waals surface area contributed by atoms with E-state index in [2.05, 4.69) is 4.98 Å².